The van der Waals surface area contributed by atoms with Crippen molar-refractivity contribution in [3.8, 4) is 0 Å². The highest BCUT2D eigenvalue weighted by Gasteiger charge is 2.05. The third-order valence-electron chi connectivity index (χ3n) is 3.60. The van der Waals surface area contributed by atoms with Crippen molar-refractivity contribution in [2.24, 2.45) is 0 Å². The van der Waals surface area contributed by atoms with E-state index >= 15 is 0 Å². The molecule has 0 saturated heterocycles. The quantitative estimate of drug-likeness (QED) is 0.750. The average molecular weight is 280 g/mol. The predicted octanol–water partition coefficient (Wildman–Crippen LogP) is 1.87. The monoisotopic (exact) mass is 280 g/mol. The van der Waals surface area contributed by atoms with E-state index in [0.717, 1.165) is 38.0 Å². The molecule has 0 aliphatic heterocycles. The van der Waals surface area contributed by atoms with Gasteiger partial charge in [-0.25, -0.2) is 4.68 Å². The van der Waals surface area contributed by atoms with Crippen molar-refractivity contribution in [1.29, 1.82) is 0 Å². The molecule has 0 atom stereocenters. The highest BCUT2D eigenvalue weighted by atomic mass is 16.1. The van der Waals surface area contributed by atoms with Gasteiger partial charge in [0.1, 0.15) is 0 Å². The molecule has 0 spiro atoms. The van der Waals surface area contributed by atoms with Crippen LogP contribution in [0.25, 0.3) is 0 Å². The fourth-order valence-electron chi connectivity index (χ4n) is 2.22. The lowest BCUT2D eigenvalue weighted by Crippen LogP contribution is -2.34. The number of nitrogens with one attached hydrogen (secondary N) is 1. The summed E-state index contributed by atoms with van der Waals surface area (Å²) in [5.41, 5.74) is 0.859. The second kappa shape index (κ2) is 8.74. The smallest absolute Gasteiger partial charge is 0.268 e. The maximum absolute atomic E-state index is 12.0. The van der Waals surface area contributed by atoms with Crippen LogP contribution in [0.3, 0.4) is 0 Å². The molecule has 5 nitrogen and oxygen atoms in total. The zero-order chi connectivity index (χ0) is 15.0. The van der Waals surface area contributed by atoms with Crippen LogP contribution in [-0.4, -0.2) is 36.0 Å². The summed E-state index contributed by atoms with van der Waals surface area (Å²) in [6.45, 7) is 8.79. The van der Waals surface area contributed by atoms with Crippen LogP contribution < -0.4 is 15.8 Å². The Labute approximate surface area is 122 Å². The topological polar surface area (TPSA) is 50.2 Å². The Bertz CT molecular complexity index is 440. The lowest BCUT2D eigenvalue weighted by Gasteiger charge is -2.18. The number of hydrogen-bond donors (Lipinski definition) is 1. The summed E-state index contributed by atoms with van der Waals surface area (Å²) in [5, 5.41) is 7.69. The van der Waals surface area contributed by atoms with E-state index in [1.165, 1.54) is 4.68 Å². The van der Waals surface area contributed by atoms with Crippen LogP contribution in [0.15, 0.2) is 17.1 Å². The van der Waals surface area contributed by atoms with Crippen molar-refractivity contribution < 1.29 is 0 Å². The molecule has 1 aromatic rings. The number of aromatic nitrogens is 2. The lowest BCUT2D eigenvalue weighted by atomic mass is 10.2. The van der Waals surface area contributed by atoms with Gasteiger partial charge >= 0.3 is 0 Å². The molecular formula is C15H28N4O. The Morgan fingerprint density at radius 2 is 2.05 bits per heavy atom. The average Bonchev–Trinajstić information content (AvgIpc) is 2.45. The first kappa shape index (κ1) is 16.7. The Morgan fingerprint density at radius 1 is 1.35 bits per heavy atom. The minimum Gasteiger partial charge on any atom is -0.373 e. The van der Waals surface area contributed by atoms with Crippen LogP contribution in [-0.2, 0) is 6.54 Å². The van der Waals surface area contributed by atoms with Crippen molar-refractivity contribution >= 4 is 5.69 Å². The molecule has 0 fully saturated rings. The lowest BCUT2D eigenvalue weighted by molar-refractivity contribution is 0.447. The molecule has 1 heterocycles. The molecule has 1 rings (SSSR count). The van der Waals surface area contributed by atoms with Crippen molar-refractivity contribution in [3.05, 3.63) is 22.6 Å². The molecule has 0 unspecified atom stereocenters. The summed E-state index contributed by atoms with van der Waals surface area (Å²) in [4.78, 5) is 14.1. The Hall–Kier alpha value is -1.36. The van der Waals surface area contributed by atoms with E-state index < -0.39 is 0 Å². The molecule has 0 radical (unpaired) electrons. The van der Waals surface area contributed by atoms with Gasteiger partial charge in [0.15, 0.2) is 0 Å². The van der Waals surface area contributed by atoms with Gasteiger partial charge < -0.3 is 10.2 Å². The first-order chi connectivity index (χ1) is 9.62. The minimum absolute atomic E-state index is 0.0307. The SMILES string of the molecule is CCCN(C)c1cnn(CCNC(CC)CC)c(=O)c1. The Morgan fingerprint density at radius 3 is 2.60 bits per heavy atom. The predicted molar refractivity (Wildman–Crippen MR) is 84.4 cm³/mol. The van der Waals surface area contributed by atoms with Crippen molar-refractivity contribution in [2.45, 2.75) is 52.6 Å². The summed E-state index contributed by atoms with van der Waals surface area (Å²) < 4.78 is 1.53. The van der Waals surface area contributed by atoms with Gasteiger partial charge in [0.25, 0.3) is 5.56 Å². The number of anilines is 1. The number of nitrogens with zero attached hydrogens (tertiary/aromatic N) is 3. The van der Waals surface area contributed by atoms with Crippen LogP contribution in [0.1, 0.15) is 40.0 Å². The maximum atomic E-state index is 12.0. The highest BCUT2D eigenvalue weighted by molar-refractivity contribution is 5.41. The molecule has 0 aliphatic carbocycles. The summed E-state index contributed by atoms with van der Waals surface area (Å²) in [6, 6.07) is 2.19. The fraction of sp³-hybridized carbons (Fsp3) is 0.733. The van der Waals surface area contributed by atoms with Crippen LogP contribution in [0.5, 0.6) is 0 Å². The zero-order valence-corrected chi connectivity index (χ0v) is 13.2. The number of rotatable bonds is 9. The zero-order valence-electron chi connectivity index (χ0n) is 13.2. The second-order valence-corrected chi connectivity index (χ2v) is 5.16. The molecule has 1 aromatic heterocycles. The highest BCUT2D eigenvalue weighted by Crippen LogP contribution is 2.06. The maximum Gasteiger partial charge on any atom is 0.268 e. The van der Waals surface area contributed by atoms with Crippen molar-refractivity contribution in [3.63, 3.8) is 0 Å². The van der Waals surface area contributed by atoms with Gasteiger partial charge in [-0.1, -0.05) is 20.8 Å². The largest absolute Gasteiger partial charge is 0.373 e. The van der Waals surface area contributed by atoms with E-state index in [1.807, 2.05) is 7.05 Å². The molecular weight excluding hydrogens is 252 g/mol. The molecule has 0 aliphatic rings. The minimum atomic E-state index is -0.0307. The fourth-order valence-corrected chi connectivity index (χ4v) is 2.22. The van der Waals surface area contributed by atoms with Gasteiger partial charge in [-0.2, -0.15) is 5.10 Å². The van der Waals surface area contributed by atoms with Crippen molar-refractivity contribution in [2.75, 3.05) is 25.0 Å². The molecule has 0 bridgehead atoms. The van der Waals surface area contributed by atoms with E-state index in [1.54, 1.807) is 12.3 Å². The van der Waals surface area contributed by atoms with Gasteiger partial charge in [0, 0.05) is 32.2 Å². The van der Waals surface area contributed by atoms with Gasteiger partial charge in [0.05, 0.1) is 18.4 Å². The van der Waals surface area contributed by atoms with E-state index in [0.29, 0.717) is 12.6 Å². The Balaban J connectivity index is 2.58. The molecule has 0 aromatic carbocycles. The van der Waals surface area contributed by atoms with Crippen LogP contribution in [0.2, 0.25) is 0 Å². The third-order valence-corrected chi connectivity index (χ3v) is 3.60. The van der Waals surface area contributed by atoms with E-state index in [-0.39, 0.29) is 5.56 Å². The molecule has 5 heteroatoms. The summed E-state index contributed by atoms with van der Waals surface area (Å²) in [6.07, 6.45) is 5.05. The molecule has 1 N–H and O–H groups in total. The van der Waals surface area contributed by atoms with Gasteiger partial charge in [0.2, 0.25) is 0 Å². The third kappa shape index (κ3) is 4.96. The van der Waals surface area contributed by atoms with E-state index in [4.69, 9.17) is 0 Å². The normalized spacial score (nSPS) is 11.1. The van der Waals surface area contributed by atoms with Crippen LogP contribution in [0, 0.1) is 0 Å². The standard InChI is InChI=1S/C15H28N4O/c1-5-9-18(4)14-11-15(20)19(17-12-14)10-8-16-13(6-2)7-3/h11-13,16H,5-10H2,1-4H3. The first-order valence-corrected chi connectivity index (χ1v) is 7.64. The molecule has 0 saturated carbocycles. The van der Waals surface area contributed by atoms with Gasteiger partial charge in [-0.15, -0.1) is 0 Å². The van der Waals surface area contributed by atoms with Gasteiger partial charge in [-0.05, 0) is 19.3 Å². The first-order valence-electron chi connectivity index (χ1n) is 7.64. The van der Waals surface area contributed by atoms with E-state index in [2.05, 4.69) is 36.1 Å². The summed E-state index contributed by atoms with van der Waals surface area (Å²) in [5.74, 6) is 0. The van der Waals surface area contributed by atoms with Crippen LogP contribution >= 0.6 is 0 Å². The molecule has 0 amide bonds. The van der Waals surface area contributed by atoms with Gasteiger partial charge in [-0.3, -0.25) is 4.79 Å². The second-order valence-electron chi connectivity index (χ2n) is 5.16. The summed E-state index contributed by atoms with van der Waals surface area (Å²) >= 11 is 0. The Kier molecular flexibility index (Phi) is 7.30. The van der Waals surface area contributed by atoms with Crippen LogP contribution in [0.4, 0.5) is 5.69 Å². The van der Waals surface area contributed by atoms with E-state index in [9.17, 15) is 4.79 Å². The summed E-state index contributed by atoms with van der Waals surface area (Å²) in [7, 11) is 1.99. The number of hydrogen-bond acceptors (Lipinski definition) is 4. The molecule has 20 heavy (non-hydrogen) atoms. The van der Waals surface area contributed by atoms with Crippen molar-refractivity contribution in [1.82, 2.24) is 15.1 Å². The molecule has 114 valence electrons.